The summed E-state index contributed by atoms with van der Waals surface area (Å²) in [6, 6.07) is 0. The molecule has 0 aliphatic carbocycles. The van der Waals surface area contributed by atoms with Crippen LogP contribution < -0.4 is 0 Å². The van der Waals surface area contributed by atoms with E-state index in [0.29, 0.717) is 0 Å². The van der Waals surface area contributed by atoms with Crippen LogP contribution in [0.25, 0.3) is 0 Å². The molecule has 0 bridgehead atoms. The fraction of sp³-hybridized carbons (Fsp3) is 1.00. The molecule has 3 nitrogen and oxygen atoms in total. The highest BCUT2D eigenvalue weighted by Gasteiger charge is 2.10. The number of hydrogen-bond donors (Lipinski definition) is 0. The fourth-order valence-electron chi connectivity index (χ4n) is 0.518. The van der Waals surface area contributed by atoms with E-state index in [1.165, 1.54) is 0 Å². The Labute approximate surface area is 52.1 Å². The van der Waals surface area contributed by atoms with Crippen LogP contribution in [0.2, 0.25) is 0 Å². The van der Waals surface area contributed by atoms with Gasteiger partial charge in [-0.15, -0.1) is 0 Å². The van der Waals surface area contributed by atoms with Crippen molar-refractivity contribution in [2.75, 3.05) is 28.3 Å². The molecule has 0 N–H and O–H groups in total. The first-order chi connectivity index (χ1) is 3.72. The Balaban J connectivity index is 3.35. The first-order valence-corrected chi connectivity index (χ1v) is 3.90. The third kappa shape index (κ3) is 2.42. The largest absolute Gasteiger partial charge is 0.410 e. The van der Waals surface area contributed by atoms with Crippen LogP contribution in [0.15, 0.2) is 0 Å². The van der Waals surface area contributed by atoms with Crippen LogP contribution in [0.3, 0.4) is 0 Å². The molecular formula is C4H13NO2Si. The van der Waals surface area contributed by atoms with E-state index in [1.54, 1.807) is 14.2 Å². The third-order valence-corrected chi connectivity index (χ3v) is 2.47. The van der Waals surface area contributed by atoms with Gasteiger partial charge in [0, 0.05) is 14.2 Å². The second kappa shape index (κ2) is 4.02. The van der Waals surface area contributed by atoms with Gasteiger partial charge in [-0.2, -0.15) is 0 Å². The smallest absolute Gasteiger partial charge is 0.388 e. The van der Waals surface area contributed by atoms with Crippen LogP contribution in [0.5, 0.6) is 0 Å². The summed E-state index contributed by atoms with van der Waals surface area (Å²) < 4.78 is 12.0. The van der Waals surface area contributed by atoms with Crippen molar-refractivity contribution >= 4 is 9.45 Å². The zero-order valence-corrected chi connectivity index (χ0v) is 7.00. The minimum Gasteiger partial charge on any atom is -0.388 e. The van der Waals surface area contributed by atoms with Crippen molar-refractivity contribution in [3.63, 3.8) is 0 Å². The second-order valence-electron chi connectivity index (χ2n) is 1.74. The topological polar surface area (TPSA) is 21.7 Å². The first-order valence-electron chi connectivity index (χ1n) is 2.44. The van der Waals surface area contributed by atoms with Gasteiger partial charge < -0.3 is 8.85 Å². The molecule has 0 aromatic carbocycles. The van der Waals surface area contributed by atoms with Crippen molar-refractivity contribution in [2.45, 2.75) is 0 Å². The number of hydrogen-bond acceptors (Lipinski definition) is 3. The molecule has 50 valence electrons. The maximum atomic E-state index is 5.00. The number of nitrogens with zero attached hydrogens (tertiary/aromatic N) is 1. The molecule has 8 heavy (non-hydrogen) atoms. The molecule has 0 fully saturated rings. The average Bonchev–Trinajstić information content (AvgIpc) is 1.69. The highest BCUT2D eigenvalue weighted by molar-refractivity contribution is 6.40. The van der Waals surface area contributed by atoms with Crippen LogP contribution in [0.1, 0.15) is 0 Å². The van der Waals surface area contributed by atoms with Crippen molar-refractivity contribution in [2.24, 2.45) is 0 Å². The van der Waals surface area contributed by atoms with Gasteiger partial charge in [0.15, 0.2) is 0 Å². The molecule has 0 aromatic heterocycles. The molecule has 0 amide bonds. The van der Waals surface area contributed by atoms with Gasteiger partial charge in [0.25, 0.3) is 0 Å². The van der Waals surface area contributed by atoms with E-state index in [4.69, 9.17) is 8.85 Å². The summed E-state index contributed by atoms with van der Waals surface area (Å²) in [7, 11) is 5.80. The lowest BCUT2D eigenvalue weighted by molar-refractivity contribution is 0.226. The predicted octanol–water partition coefficient (Wildman–Crippen LogP) is -0.442. The Hall–Kier alpha value is 0.0969. The van der Waals surface area contributed by atoms with Gasteiger partial charge in [0.1, 0.15) is 0 Å². The summed E-state index contributed by atoms with van der Waals surface area (Å²) in [6.07, 6.45) is 0. The molecule has 0 radical (unpaired) electrons. The average molecular weight is 135 g/mol. The highest BCUT2D eigenvalue weighted by Crippen LogP contribution is 1.85. The molecule has 0 aliphatic rings. The standard InChI is InChI=1S/C4H13NO2Si/c1-5(2)8(6-3)7-4/h8H,1-4H3. The molecule has 0 atom stereocenters. The van der Waals surface area contributed by atoms with E-state index in [1.807, 2.05) is 18.7 Å². The third-order valence-electron chi connectivity index (χ3n) is 0.825. The molecule has 0 aliphatic heterocycles. The minimum atomic E-state index is -1.43. The molecule has 0 heterocycles. The summed E-state index contributed by atoms with van der Waals surface area (Å²) in [5, 5.41) is 0. The van der Waals surface area contributed by atoms with Gasteiger partial charge in [-0.1, -0.05) is 0 Å². The van der Waals surface area contributed by atoms with E-state index < -0.39 is 9.45 Å². The van der Waals surface area contributed by atoms with E-state index >= 15 is 0 Å². The maximum absolute atomic E-state index is 5.00. The van der Waals surface area contributed by atoms with Crippen molar-refractivity contribution in [3.8, 4) is 0 Å². The lowest BCUT2D eigenvalue weighted by Gasteiger charge is -2.16. The predicted molar refractivity (Wildman–Crippen MR) is 34.9 cm³/mol. The monoisotopic (exact) mass is 135 g/mol. The summed E-state index contributed by atoms with van der Waals surface area (Å²) in [4.78, 5) is 0. The van der Waals surface area contributed by atoms with Gasteiger partial charge in [0.2, 0.25) is 0 Å². The van der Waals surface area contributed by atoms with Gasteiger partial charge in [-0.3, -0.25) is 4.57 Å². The molecule has 0 aromatic rings. The Morgan fingerprint density at radius 3 is 1.50 bits per heavy atom. The van der Waals surface area contributed by atoms with E-state index in [9.17, 15) is 0 Å². The Morgan fingerprint density at radius 1 is 1.12 bits per heavy atom. The van der Waals surface area contributed by atoms with E-state index in [2.05, 4.69) is 0 Å². The van der Waals surface area contributed by atoms with Crippen LogP contribution in [0.4, 0.5) is 0 Å². The van der Waals surface area contributed by atoms with Crippen molar-refractivity contribution < 1.29 is 8.85 Å². The highest BCUT2D eigenvalue weighted by atomic mass is 28.3. The molecule has 4 heteroatoms. The molecule has 0 rings (SSSR count). The Bertz CT molecular complexity index is 56.0. The zero-order chi connectivity index (χ0) is 6.57. The van der Waals surface area contributed by atoms with Gasteiger partial charge in [-0.25, -0.2) is 0 Å². The first kappa shape index (κ1) is 8.10. The summed E-state index contributed by atoms with van der Waals surface area (Å²) in [5.41, 5.74) is 0. The van der Waals surface area contributed by atoms with Gasteiger partial charge in [-0.05, 0) is 14.1 Å². The minimum absolute atomic E-state index is 1.43. The quantitative estimate of drug-likeness (QED) is 0.490. The van der Waals surface area contributed by atoms with Crippen molar-refractivity contribution in [3.05, 3.63) is 0 Å². The molecule has 0 saturated carbocycles. The summed E-state index contributed by atoms with van der Waals surface area (Å²) in [5.74, 6) is 0. The van der Waals surface area contributed by atoms with Crippen LogP contribution in [-0.2, 0) is 8.85 Å². The maximum Gasteiger partial charge on any atom is 0.410 e. The second-order valence-corrected chi connectivity index (χ2v) is 4.33. The molecule has 0 saturated heterocycles. The Morgan fingerprint density at radius 2 is 1.50 bits per heavy atom. The van der Waals surface area contributed by atoms with Crippen LogP contribution >= 0.6 is 0 Å². The zero-order valence-electron chi connectivity index (χ0n) is 5.84. The van der Waals surface area contributed by atoms with Crippen molar-refractivity contribution in [1.29, 1.82) is 0 Å². The van der Waals surface area contributed by atoms with Gasteiger partial charge in [0.05, 0.1) is 0 Å². The summed E-state index contributed by atoms with van der Waals surface area (Å²) >= 11 is 0. The van der Waals surface area contributed by atoms with E-state index in [0.717, 1.165) is 0 Å². The van der Waals surface area contributed by atoms with Crippen LogP contribution in [-0.4, -0.2) is 42.3 Å². The summed E-state index contributed by atoms with van der Waals surface area (Å²) in [6.45, 7) is 0. The number of rotatable bonds is 3. The van der Waals surface area contributed by atoms with Gasteiger partial charge >= 0.3 is 9.45 Å². The molecule has 0 unspecified atom stereocenters. The Kier molecular flexibility index (Phi) is 4.07. The lowest BCUT2D eigenvalue weighted by atomic mass is 11.3. The lowest BCUT2D eigenvalue weighted by Crippen LogP contribution is -2.36. The van der Waals surface area contributed by atoms with E-state index in [-0.39, 0.29) is 0 Å². The fourth-order valence-corrected chi connectivity index (χ4v) is 1.55. The van der Waals surface area contributed by atoms with Crippen molar-refractivity contribution in [1.82, 2.24) is 4.57 Å². The molecular weight excluding hydrogens is 122 g/mol. The van der Waals surface area contributed by atoms with Crippen LogP contribution in [0, 0.1) is 0 Å². The normalized spacial score (nSPS) is 11.2. The SMILES string of the molecule is CO[SiH](OC)N(C)C. The molecule has 0 spiro atoms.